The molecular weight excluding hydrogens is 228 g/mol. The molecule has 0 amide bonds. The molecule has 4 heteroatoms. The number of aromatic nitrogens is 2. The quantitative estimate of drug-likeness (QED) is 0.805. The van der Waals surface area contributed by atoms with Gasteiger partial charge in [0.1, 0.15) is 5.82 Å². The molecule has 0 bridgehead atoms. The molecule has 2 aromatic rings. The standard InChI is InChI=1S/C14H16N2O2/c17-10-7-5-9(6-8-10)13-15-12-4-2-1-3-11(12)14(18)16-13/h1-4,9-10,17H,5-8H2,(H,15,16,18). The van der Waals surface area contributed by atoms with Gasteiger partial charge in [-0.1, -0.05) is 12.1 Å². The van der Waals surface area contributed by atoms with Crippen LogP contribution in [0.4, 0.5) is 0 Å². The Hall–Kier alpha value is -1.68. The molecule has 1 aliphatic rings. The van der Waals surface area contributed by atoms with Crippen molar-refractivity contribution in [3.8, 4) is 0 Å². The van der Waals surface area contributed by atoms with Gasteiger partial charge in [-0.3, -0.25) is 4.79 Å². The van der Waals surface area contributed by atoms with E-state index < -0.39 is 0 Å². The van der Waals surface area contributed by atoms with Crippen molar-refractivity contribution in [2.24, 2.45) is 0 Å². The Bertz CT molecular complexity index is 612. The van der Waals surface area contributed by atoms with Gasteiger partial charge in [-0.2, -0.15) is 0 Å². The van der Waals surface area contributed by atoms with Gasteiger partial charge < -0.3 is 10.1 Å². The summed E-state index contributed by atoms with van der Waals surface area (Å²) in [5.41, 5.74) is 0.684. The monoisotopic (exact) mass is 244 g/mol. The minimum atomic E-state index is -0.187. The van der Waals surface area contributed by atoms with Crippen LogP contribution in [0.5, 0.6) is 0 Å². The molecule has 0 aliphatic heterocycles. The Morgan fingerprint density at radius 2 is 1.89 bits per heavy atom. The van der Waals surface area contributed by atoms with Gasteiger partial charge in [-0.05, 0) is 37.8 Å². The first-order chi connectivity index (χ1) is 8.74. The number of H-pyrrole nitrogens is 1. The highest BCUT2D eigenvalue weighted by molar-refractivity contribution is 5.77. The summed E-state index contributed by atoms with van der Waals surface area (Å²) in [6, 6.07) is 7.39. The van der Waals surface area contributed by atoms with Crippen LogP contribution in [0.15, 0.2) is 29.1 Å². The van der Waals surface area contributed by atoms with Crippen LogP contribution >= 0.6 is 0 Å². The summed E-state index contributed by atoms with van der Waals surface area (Å²) in [7, 11) is 0. The summed E-state index contributed by atoms with van der Waals surface area (Å²) < 4.78 is 0. The van der Waals surface area contributed by atoms with Gasteiger partial charge in [0, 0.05) is 5.92 Å². The molecule has 1 fully saturated rings. The van der Waals surface area contributed by atoms with Crippen molar-refractivity contribution < 1.29 is 5.11 Å². The second-order valence-corrected chi connectivity index (χ2v) is 4.97. The van der Waals surface area contributed by atoms with Crippen molar-refractivity contribution in [2.45, 2.75) is 37.7 Å². The van der Waals surface area contributed by atoms with E-state index in [1.165, 1.54) is 0 Å². The summed E-state index contributed by atoms with van der Waals surface area (Å²) in [5, 5.41) is 10.1. The van der Waals surface area contributed by atoms with Crippen LogP contribution < -0.4 is 5.56 Å². The number of aromatic amines is 1. The molecule has 1 aromatic carbocycles. The van der Waals surface area contributed by atoms with E-state index in [9.17, 15) is 9.90 Å². The number of aliphatic hydroxyl groups excluding tert-OH is 1. The van der Waals surface area contributed by atoms with Crippen molar-refractivity contribution in [1.29, 1.82) is 0 Å². The van der Waals surface area contributed by atoms with E-state index in [1.807, 2.05) is 18.2 Å². The van der Waals surface area contributed by atoms with Gasteiger partial charge in [-0.25, -0.2) is 4.98 Å². The number of rotatable bonds is 1. The molecule has 1 saturated carbocycles. The van der Waals surface area contributed by atoms with E-state index in [0.29, 0.717) is 5.39 Å². The summed E-state index contributed by atoms with van der Waals surface area (Å²) in [4.78, 5) is 19.4. The highest BCUT2D eigenvalue weighted by Crippen LogP contribution is 2.30. The highest BCUT2D eigenvalue weighted by atomic mass is 16.3. The number of hydrogen-bond acceptors (Lipinski definition) is 3. The van der Waals surface area contributed by atoms with Crippen molar-refractivity contribution >= 4 is 10.9 Å². The lowest BCUT2D eigenvalue weighted by Crippen LogP contribution is -2.21. The molecule has 1 heterocycles. The first kappa shape index (κ1) is 11.4. The molecule has 0 atom stereocenters. The number of aliphatic hydroxyl groups is 1. The maximum atomic E-state index is 12.0. The summed E-state index contributed by atoms with van der Waals surface area (Å²) >= 11 is 0. The molecule has 1 aromatic heterocycles. The largest absolute Gasteiger partial charge is 0.393 e. The van der Waals surface area contributed by atoms with Crippen LogP contribution in [0.3, 0.4) is 0 Å². The van der Waals surface area contributed by atoms with Crippen molar-refractivity contribution in [3.63, 3.8) is 0 Å². The van der Waals surface area contributed by atoms with Crippen LogP contribution in [0.1, 0.15) is 37.4 Å². The van der Waals surface area contributed by atoms with Crippen molar-refractivity contribution in [1.82, 2.24) is 9.97 Å². The number of hydrogen-bond donors (Lipinski definition) is 2. The highest BCUT2D eigenvalue weighted by Gasteiger charge is 2.22. The van der Waals surface area contributed by atoms with Crippen LogP contribution in [0, 0.1) is 0 Å². The van der Waals surface area contributed by atoms with E-state index in [0.717, 1.165) is 37.0 Å². The molecule has 2 N–H and O–H groups in total. The number of para-hydroxylation sites is 1. The van der Waals surface area contributed by atoms with Gasteiger partial charge in [-0.15, -0.1) is 0 Å². The number of benzene rings is 1. The third-order valence-electron chi connectivity index (χ3n) is 3.71. The zero-order valence-electron chi connectivity index (χ0n) is 10.1. The molecule has 94 valence electrons. The van der Waals surface area contributed by atoms with Gasteiger partial charge in [0.05, 0.1) is 17.0 Å². The first-order valence-electron chi connectivity index (χ1n) is 6.41. The van der Waals surface area contributed by atoms with Gasteiger partial charge >= 0.3 is 0 Å². The second kappa shape index (κ2) is 4.53. The Balaban J connectivity index is 2.00. The van der Waals surface area contributed by atoms with Crippen LogP contribution in [0.2, 0.25) is 0 Å². The van der Waals surface area contributed by atoms with Gasteiger partial charge in [0.25, 0.3) is 5.56 Å². The Labute approximate surface area is 105 Å². The summed E-state index contributed by atoms with van der Waals surface area (Å²) in [6.07, 6.45) is 3.18. The summed E-state index contributed by atoms with van der Waals surface area (Å²) in [5.74, 6) is 1.04. The Morgan fingerprint density at radius 3 is 2.67 bits per heavy atom. The molecule has 18 heavy (non-hydrogen) atoms. The molecule has 0 radical (unpaired) electrons. The Kier molecular flexibility index (Phi) is 2.88. The Morgan fingerprint density at radius 1 is 1.17 bits per heavy atom. The van der Waals surface area contributed by atoms with E-state index in [1.54, 1.807) is 6.07 Å². The molecule has 3 rings (SSSR count). The maximum absolute atomic E-state index is 12.0. The van der Waals surface area contributed by atoms with Crippen molar-refractivity contribution in [2.75, 3.05) is 0 Å². The number of fused-ring (bicyclic) bond motifs is 1. The van der Waals surface area contributed by atoms with Gasteiger partial charge in [0.15, 0.2) is 0 Å². The molecule has 0 unspecified atom stereocenters. The molecule has 1 aliphatic carbocycles. The van der Waals surface area contributed by atoms with E-state index in [2.05, 4.69) is 9.97 Å². The van der Waals surface area contributed by atoms with Crippen LogP contribution in [0.25, 0.3) is 10.9 Å². The predicted octanol–water partition coefficient (Wildman–Crippen LogP) is 1.94. The smallest absolute Gasteiger partial charge is 0.258 e. The van der Waals surface area contributed by atoms with Crippen LogP contribution in [-0.4, -0.2) is 21.2 Å². The minimum Gasteiger partial charge on any atom is -0.393 e. The molecule has 0 saturated heterocycles. The fourth-order valence-corrected chi connectivity index (χ4v) is 2.65. The lowest BCUT2D eigenvalue weighted by molar-refractivity contribution is 0.121. The van der Waals surface area contributed by atoms with Crippen molar-refractivity contribution in [3.05, 3.63) is 40.4 Å². The number of nitrogens with zero attached hydrogens (tertiary/aromatic N) is 1. The second-order valence-electron chi connectivity index (χ2n) is 4.97. The number of nitrogens with one attached hydrogen (secondary N) is 1. The molecule has 4 nitrogen and oxygen atoms in total. The van der Waals surface area contributed by atoms with Crippen LogP contribution in [-0.2, 0) is 0 Å². The normalized spacial score (nSPS) is 24.3. The average Bonchev–Trinajstić information content (AvgIpc) is 2.39. The van der Waals surface area contributed by atoms with Gasteiger partial charge in [0.2, 0.25) is 0 Å². The fourth-order valence-electron chi connectivity index (χ4n) is 2.65. The lowest BCUT2D eigenvalue weighted by atomic mass is 9.87. The third kappa shape index (κ3) is 2.04. The predicted molar refractivity (Wildman–Crippen MR) is 69.6 cm³/mol. The SMILES string of the molecule is O=c1[nH]c(C2CCC(O)CC2)nc2ccccc12. The van der Waals surface area contributed by atoms with E-state index in [4.69, 9.17) is 0 Å². The zero-order valence-corrected chi connectivity index (χ0v) is 10.1. The zero-order chi connectivity index (χ0) is 12.5. The molecule has 0 spiro atoms. The van der Waals surface area contributed by atoms with E-state index in [-0.39, 0.29) is 17.6 Å². The van der Waals surface area contributed by atoms with E-state index >= 15 is 0 Å². The maximum Gasteiger partial charge on any atom is 0.258 e. The topological polar surface area (TPSA) is 66.0 Å². The minimum absolute atomic E-state index is 0.0679. The average molecular weight is 244 g/mol. The fraction of sp³-hybridized carbons (Fsp3) is 0.429. The first-order valence-corrected chi connectivity index (χ1v) is 6.41. The molecular formula is C14H16N2O2. The lowest BCUT2D eigenvalue weighted by Gasteiger charge is -2.24. The summed E-state index contributed by atoms with van der Waals surface area (Å²) in [6.45, 7) is 0. The third-order valence-corrected chi connectivity index (χ3v) is 3.71.